The van der Waals surface area contributed by atoms with E-state index < -0.39 is 5.60 Å². The van der Waals surface area contributed by atoms with Crippen molar-refractivity contribution in [2.45, 2.75) is 49.2 Å². The minimum Gasteiger partial charge on any atom is -0.444 e. The molecule has 1 saturated carbocycles. The van der Waals surface area contributed by atoms with Crippen molar-refractivity contribution in [1.82, 2.24) is 5.32 Å². The van der Waals surface area contributed by atoms with Gasteiger partial charge in [0.15, 0.2) is 0 Å². The van der Waals surface area contributed by atoms with Gasteiger partial charge in [-0.05, 0) is 33.6 Å². The fourth-order valence-electron chi connectivity index (χ4n) is 1.14. The Morgan fingerprint density at radius 3 is 2.38 bits per heavy atom. The summed E-state index contributed by atoms with van der Waals surface area (Å²) in [7, 11) is 0. The van der Waals surface area contributed by atoms with Gasteiger partial charge >= 0.3 is 6.09 Å². The van der Waals surface area contributed by atoms with Crippen LogP contribution in [0.4, 0.5) is 4.79 Å². The zero-order valence-electron chi connectivity index (χ0n) is 8.26. The smallest absolute Gasteiger partial charge is 0.407 e. The molecule has 0 saturated heterocycles. The maximum atomic E-state index is 11.2. The molecule has 0 unspecified atom stereocenters. The van der Waals surface area contributed by atoms with E-state index in [0.29, 0.717) is 6.04 Å². The van der Waals surface area contributed by atoms with E-state index in [9.17, 15) is 4.79 Å². The maximum Gasteiger partial charge on any atom is 0.407 e. The number of alkyl halides is 1. The third-order valence-corrected chi connectivity index (χ3v) is 2.82. The van der Waals surface area contributed by atoms with Crippen LogP contribution in [0, 0.1) is 0 Å². The van der Waals surface area contributed by atoms with Crippen molar-refractivity contribution in [1.29, 1.82) is 0 Å². The normalized spacial score (nSPS) is 27.7. The molecule has 1 amide bonds. The van der Waals surface area contributed by atoms with Gasteiger partial charge in [0.2, 0.25) is 0 Å². The van der Waals surface area contributed by atoms with Gasteiger partial charge in [-0.2, -0.15) is 0 Å². The summed E-state index contributed by atoms with van der Waals surface area (Å²) >= 11 is 2.39. The summed E-state index contributed by atoms with van der Waals surface area (Å²) in [6.07, 6.45) is 1.85. The minimum atomic E-state index is -0.391. The summed E-state index contributed by atoms with van der Waals surface area (Å²) in [5, 5.41) is 2.84. The molecule has 76 valence electrons. The monoisotopic (exact) mass is 297 g/mol. The summed E-state index contributed by atoms with van der Waals surface area (Å²) in [6.45, 7) is 5.61. The third-order valence-electron chi connectivity index (χ3n) is 1.80. The fourth-order valence-corrected chi connectivity index (χ4v) is 2.37. The van der Waals surface area contributed by atoms with Crippen molar-refractivity contribution in [3.8, 4) is 0 Å². The SMILES string of the molecule is CC(C)(C)OC(=O)N[C@H]1C[C@@H](I)C1. The topological polar surface area (TPSA) is 38.3 Å². The number of halogens is 1. The van der Waals surface area contributed by atoms with Crippen LogP contribution >= 0.6 is 22.6 Å². The van der Waals surface area contributed by atoms with E-state index in [1.54, 1.807) is 0 Å². The third kappa shape index (κ3) is 4.15. The quantitative estimate of drug-likeness (QED) is 0.596. The van der Waals surface area contributed by atoms with Crippen LogP contribution < -0.4 is 5.32 Å². The molecule has 3 nitrogen and oxygen atoms in total. The highest BCUT2D eigenvalue weighted by Gasteiger charge is 2.29. The number of alkyl carbamates (subject to hydrolysis) is 1. The number of hydrogen-bond donors (Lipinski definition) is 1. The molecule has 0 bridgehead atoms. The highest BCUT2D eigenvalue weighted by atomic mass is 127. The predicted octanol–water partition coefficient (Wildman–Crippen LogP) is 2.48. The molecule has 0 aromatic rings. The van der Waals surface area contributed by atoms with Crippen molar-refractivity contribution in [2.75, 3.05) is 0 Å². The Labute approximate surface area is 92.7 Å². The highest BCUT2D eigenvalue weighted by Crippen LogP contribution is 2.27. The standard InChI is InChI=1S/C9H16INO2/c1-9(2,3)13-8(12)11-7-4-6(10)5-7/h6-7H,4-5H2,1-3H3,(H,11,12)/t6-,7+. The summed E-state index contributed by atoms with van der Waals surface area (Å²) in [5.74, 6) is 0. The van der Waals surface area contributed by atoms with Gasteiger partial charge in [-0.25, -0.2) is 4.79 Å². The van der Waals surface area contributed by atoms with E-state index in [-0.39, 0.29) is 6.09 Å². The van der Waals surface area contributed by atoms with Gasteiger partial charge in [-0.15, -0.1) is 0 Å². The zero-order valence-corrected chi connectivity index (χ0v) is 10.4. The van der Waals surface area contributed by atoms with Gasteiger partial charge < -0.3 is 10.1 Å². The van der Waals surface area contributed by atoms with E-state index in [0.717, 1.165) is 16.8 Å². The van der Waals surface area contributed by atoms with Gasteiger partial charge in [0.25, 0.3) is 0 Å². The fraction of sp³-hybridized carbons (Fsp3) is 0.889. The lowest BCUT2D eigenvalue weighted by Crippen LogP contribution is -2.46. The Balaban J connectivity index is 2.19. The van der Waals surface area contributed by atoms with Crippen LogP contribution in [-0.2, 0) is 4.74 Å². The minimum absolute atomic E-state index is 0.291. The first kappa shape index (κ1) is 11.1. The molecule has 0 aromatic heterocycles. The average molecular weight is 297 g/mol. The van der Waals surface area contributed by atoms with Crippen molar-refractivity contribution < 1.29 is 9.53 Å². The van der Waals surface area contributed by atoms with Crippen LogP contribution in [0.5, 0.6) is 0 Å². The number of hydrogen-bond acceptors (Lipinski definition) is 2. The van der Waals surface area contributed by atoms with Gasteiger partial charge in [-0.1, -0.05) is 22.6 Å². The Morgan fingerprint density at radius 2 is 2.00 bits per heavy atom. The van der Waals surface area contributed by atoms with Crippen LogP contribution in [-0.4, -0.2) is 21.7 Å². The molecule has 1 rings (SSSR count). The van der Waals surface area contributed by atoms with Gasteiger partial charge in [0.1, 0.15) is 5.60 Å². The van der Waals surface area contributed by atoms with Crippen molar-refractivity contribution in [3.05, 3.63) is 0 Å². The first-order chi connectivity index (χ1) is 5.87. The van der Waals surface area contributed by atoms with Gasteiger partial charge in [-0.3, -0.25) is 0 Å². The number of carbonyl (C=O) groups excluding carboxylic acids is 1. The summed E-state index contributed by atoms with van der Waals surface area (Å²) in [5.41, 5.74) is -0.391. The highest BCUT2D eigenvalue weighted by molar-refractivity contribution is 14.1. The molecule has 0 aromatic carbocycles. The molecule has 1 fully saturated rings. The Morgan fingerprint density at radius 1 is 1.46 bits per heavy atom. The number of amides is 1. The molecular formula is C9H16INO2. The Kier molecular flexibility index (Phi) is 3.43. The van der Waals surface area contributed by atoms with Crippen LogP contribution in [0.2, 0.25) is 0 Å². The van der Waals surface area contributed by atoms with E-state index in [4.69, 9.17) is 4.74 Å². The average Bonchev–Trinajstić information content (AvgIpc) is 1.79. The molecule has 4 heteroatoms. The van der Waals surface area contributed by atoms with E-state index in [1.165, 1.54) is 0 Å². The second-order valence-corrected chi connectivity index (χ2v) is 6.17. The molecule has 13 heavy (non-hydrogen) atoms. The maximum absolute atomic E-state index is 11.2. The Hall–Kier alpha value is 0. The first-order valence-corrected chi connectivity index (χ1v) is 5.75. The molecular weight excluding hydrogens is 281 g/mol. The van der Waals surface area contributed by atoms with Crippen molar-refractivity contribution >= 4 is 28.7 Å². The van der Waals surface area contributed by atoms with Crippen LogP contribution in [0.25, 0.3) is 0 Å². The number of rotatable bonds is 1. The van der Waals surface area contributed by atoms with Gasteiger partial charge in [0.05, 0.1) is 0 Å². The van der Waals surface area contributed by atoms with E-state index >= 15 is 0 Å². The molecule has 0 atom stereocenters. The van der Waals surface area contributed by atoms with Crippen LogP contribution in [0.1, 0.15) is 33.6 Å². The van der Waals surface area contributed by atoms with Crippen molar-refractivity contribution in [2.24, 2.45) is 0 Å². The summed E-state index contributed by atoms with van der Waals surface area (Å²) in [4.78, 5) is 11.2. The van der Waals surface area contributed by atoms with Crippen LogP contribution in [0.15, 0.2) is 0 Å². The number of nitrogens with one attached hydrogen (secondary N) is 1. The lowest BCUT2D eigenvalue weighted by molar-refractivity contribution is 0.0484. The van der Waals surface area contributed by atoms with Gasteiger partial charge in [0, 0.05) is 9.97 Å². The predicted molar refractivity (Wildman–Crippen MR) is 60.2 cm³/mol. The largest absolute Gasteiger partial charge is 0.444 e. The molecule has 0 radical (unpaired) electrons. The Bertz CT molecular complexity index is 194. The molecule has 1 aliphatic carbocycles. The molecule has 0 aliphatic heterocycles. The molecule has 0 heterocycles. The lowest BCUT2D eigenvalue weighted by atomic mass is 9.93. The van der Waals surface area contributed by atoms with E-state index in [2.05, 4.69) is 27.9 Å². The second kappa shape index (κ2) is 4.02. The summed E-state index contributed by atoms with van der Waals surface area (Å²) in [6, 6.07) is 0.330. The summed E-state index contributed by atoms with van der Waals surface area (Å²) < 4.78 is 5.85. The zero-order chi connectivity index (χ0) is 10.1. The van der Waals surface area contributed by atoms with Crippen LogP contribution in [0.3, 0.4) is 0 Å². The number of ether oxygens (including phenoxy) is 1. The second-order valence-electron chi connectivity index (χ2n) is 4.41. The van der Waals surface area contributed by atoms with E-state index in [1.807, 2.05) is 20.8 Å². The number of carbonyl (C=O) groups is 1. The molecule has 1 N–H and O–H groups in total. The van der Waals surface area contributed by atoms with Crippen molar-refractivity contribution in [3.63, 3.8) is 0 Å². The lowest BCUT2D eigenvalue weighted by Gasteiger charge is -2.32. The molecule has 0 spiro atoms. The first-order valence-electron chi connectivity index (χ1n) is 4.50. The molecule has 1 aliphatic rings.